The number of ketones is 1. The van der Waals surface area contributed by atoms with Crippen molar-refractivity contribution >= 4 is 17.1 Å². The maximum absolute atomic E-state index is 11.8. The molecule has 0 aliphatic carbocycles. The van der Waals surface area contributed by atoms with Crippen LogP contribution in [0.1, 0.15) is 20.2 Å². The van der Waals surface area contributed by atoms with E-state index in [2.05, 4.69) is 5.10 Å². The summed E-state index contributed by atoms with van der Waals surface area (Å²) >= 11 is 1.54. The Morgan fingerprint density at radius 2 is 2.27 bits per heavy atom. The predicted molar refractivity (Wildman–Crippen MR) is 60.3 cm³/mol. The summed E-state index contributed by atoms with van der Waals surface area (Å²) in [4.78, 5) is 13.8. The van der Waals surface area contributed by atoms with Gasteiger partial charge in [-0.15, -0.1) is 11.3 Å². The molecule has 0 aliphatic heterocycles. The molecule has 0 saturated heterocycles. The molecule has 0 saturated carbocycles. The van der Waals surface area contributed by atoms with Gasteiger partial charge in [-0.05, 0) is 25.1 Å². The van der Waals surface area contributed by atoms with Crippen molar-refractivity contribution in [1.29, 1.82) is 0 Å². The Bertz CT molecular complexity index is 484. The van der Waals surface area contributed by atoms with Gasteiger partial charge in [0.2, 0.25) is 0 Å². The summed E-state index contributed by atoms with van der Waals surface area (Å²) in [5.74, 6) is 0.145. The lowest BCUT2D eigenvalue weighted by molar-refractivity contribution is 0.0995. The minimum Gasteiger partial charge on any atom is -0.293 e. The van der Waals surface area contributed by atoms with Crippen LogP contribution in [0.15, 0.2) is 24.4 Å². The Balaban J connectivity index is 2.10. The summed E-state index contributed by atoms with van der Waals surface area (Å²) in [5, 5.41) is 4.18. The third-order valence-corrected chi connectivity index (χ3v) is 3.17. The molecule has 0 amide bonds. The van der Waals surface area contributed by atoms with Gasteiger partial charge in [0.05, 0.1) is 17.0 Å². The number of hydrogen-bond acceptors (Lipinski definition) is 3. The van der Waals surface area contributed by atoms with E-state index >= 15 is 0 Å². The van der Waals surface area contributed by atoms with Crippen molar-refractivity contribution in [2.75, 3.05) is 0 Å². The molecule has 2 rings (SSSR count). The molecule has 2 heterocycles. The van der Waals surface area contributed by atoms with Crippen LogP contribution in [0.25, 0.3) is 0 Å². The van der Waals surface area contributed by atoms with Crippen LogP contribution in [0.3, 0.4) is 0 Å². The molecule has 0 atom stereocenters. The quantitative estimate of drug-likeness (QED) is 0.743. The second kappa shape index (κ2) is 3.98. The highest BCUT2D eigenvalue weighted by molar-refractivity contribution is 7.14. The average molecular weight is 220 g/mol. The smallest absolute Gasteiger partial charge is 0.178 e. The number of thiophene rings is 1. The van der Waals surface area contributed by atoms with Crippen molar-refractivity contribution in [2.24, 2.45) is 7.05 Å². The predicted octanol–water partition coefficient (Wildman–Crippen LogP) is 2.22. The van der Waals surface area contributed by atoms with E-state index in [-0.39, 0.29) is 5.78 Å². The number of nitrogens with zero attached hydrogens (tertiary/aromatic N) is 2. The van der Waals surface area contributed by atoms with Crippen LogP contribution in [0.4, 0.5) is 0 Å². The third-order valence-electron chi connectivity index (χ3n) is 2.13. The summed E-state index contributed by atoms with van der Waals surface area (Å²) in [6, 6.07) is 5.72. The Hall–Kier alpha value is -1.42. The zero-order valence-corrected chi connectivity index (χ0v) is 9.54. The van der Waals surface area contributed by atoms with Crippen molar-refractivity contribution in [3.8, 4) is 0 Å². The van der Waals surface area contributed by atoms with Gasteiger partial charge in [0.25, 0.3) is 0 Å². The van der Waals surface area contributed by atoms with Gasteiger partial charge in [-0.2, -0.15) is 5.10 Å². The molecule has 0 radical (unpaired) electrons. The Kier molecular flexibility index (Phi) is 2.68. The van der Waals surface area contributed by atoms with E-state index in [0.717, 1.165) is 10.6 Å². The van der Waals surface area contributed by atoms with E-state index in [1.807, 2.05) is 38.4 Å². The molecular weight excluding hydrogens is 208 g/mol. The number of carbonyl (C=O) groups is 1. The number of carbonyl (C=O) groups excluding carboxylic acids is 1. The summed E-state index contributed by atoms with van der Waals surface area (Å²) in [7, 11) is 1.85. The molecule has 0 N–H and O–H groups in total. The minimum atomic E-state index is 0.145. The summed E-state index contributed by atoms with van der Waals surface area (Å²) < 4.78 is 1.71. The van der Waals surface area contributed by atoms with Crippen LogP contribution < -0.4 is 0 Å². The molecule has 2 aromatic rings. The highest BCUT2D eigenvalue weighted by Crippen LogP contribution is 2.17. The molecule has 3 nitrogen and oxygen atoms in total. The standard InChI is InChI=1S/C11H12N2OS/c1-8-3-4-11(15-8)10(14)7-9-5-6-13(2)12-9/h3-6H,7H2,1-2H3. The summed E-state index contributed by atoms with van der Waals surface area (Å²) in [6.07, 6.45) is 2.24. The first kappa shape index (κ1) is 10.1. The highest BCUT2D eigenvalue weighted by atomic mass is 32.1. The van der Waals surface area contributed by atoms with Gasteiger partial charge in [-0.1, -0.05) is 0 Å². The molecule has 78 valence electrons. The maximum Gasteiger partial charge on any atom is 0.178 e. The van der Waals surface area contributed by atoms with Crippen LogP contribution in [-0.2, 0) is 13.5 Å². The van der Waals surface area contributed by atoms with Gasteiger partial charge in [0.1, 0.15) is 0 Å². The number of aryl methyl sites for hydroxylation is 2. The van der Waals surface area contributed by atoms with Gasteiger partial charge in [-0.25, -0.2) is 0 Å². The monoisotopic (exact) mass is 220 g/mol. The molecule has 0 aliphatic rings. The Labute approximate surface area is 92.4 Å². The SMILES string of the molecule is Cc1ccc(C(=O)Cc2ccn(C)n2)s1. The Morgan fingerprint density at radius 3 is 2.80 bits per heavy atom. The molecular formula is C11H12N2OS. The molecule has 0 spiro atoms. The zero-order chi connectivity index (χ0) is 10.8. The molecule has 0 fully saturated rings. The number of rotatable bonds is 3. The number of hydrogen-bond donors (Lipinski definition) is 0. The first-order valence-electron chi connectivity index (χ1n) is 4.73. The van der Waals surface area contributed by atoms with Crippen LogP contribution in [0, 0.1) is 6.92 Å². The average Bonchev–Trinajstić information content (AvgIpc) is 2.75. The van der Waals surface area contributed by atoms with Crippen LogP contribution >= 0.6 is 11.3 Å². The second-order valence-electron chi connectivity index (χ2n) is 3.49. The fraction of sp³-hybridized carbons (Fsp3) is 0.273. The molecule has 0 unspecified atom stereocenters. The maximum atomic E-state index is 11.8. The van der Waals surface area contributed by atoms with E-state index in [1.54, 1.807) is 4.68 Å². The highest BCUT2D eigenvalue weighted by Gasteiger charge is 2.10. The number of aromatic nitrogens is 2. The number of Topliss-reactive ketones (excluding diaryl/α,β-unsaturated/α-hetero) is 1. The van der Waals surface area contributed by atoms with Crippen molar-refractivity contribution < 1.29 is 4.79 Å². The van der Waals surface area contributed by atoms with E-state index in [0.29, 0.717) is 6.42 Å². The fourth-order valence-corrected chi connectivity index (χ4v) is 2.20. The third kappa shape index (κ3) is 2.33. The molecule has 4 heteroatoms. The van der Waals surface area contributed by atoms with Crippen molar-refractivity contribution in [3.63, 3.8) is 0 Å². The lowest BCUT2D eigenvalue weighted by atomic mass is 10.2. The van der Waals surface area contributed by atoms with Gasteiger partial charge in [-0.3, -0.25) is 9.48 Å². The lowest BCUT2D eigenvalue weighted by Gasteiger charge is -1.93. The van der Waals surface area contributed by atoms with E-state index in [4.69, 9.17) is 0 Å². The van der Waals surface area contributed by atoms with Gasteiger partial charge < -0.3 is 0 Å². The van der Waals surface area contributed by atoms with Crippen molar-refractivity contribution in [3.05, 3.63) is 39.8 Å². The van der Waals surface area contributed by atoms with Crippen LogP contribution in [0.5, 0.6) is 0 Å². The van der Waals surface area contributed by atoms with E-state index in [1.165, 1.54) is 16.2 Å². The lowest BCUT2D eigenvalue weighted by Crippen LogP contribution is -2.02. The van der Waals surface area contributed by atoms with Crippen molar-refractivity contribution in [1.82, 2.24) is 9.78 Å². The summed E-state index contributed by atoms with van der Waals surface area (Å²) in [5.41, 5.74) is 0.827. The molecule has 2 aromatic heterocycles. The molecule has 15 heavy (non-hydrogen) atoms. The Morgan fingerprint density at radius 1 is 1.47 bits per heavy atom. The largest absolute Gasteiger partial charge is 0.293 e. The van der Waals surface area contributed by atoms with Gasteiger partial charge >= 0.3 is 0 Å². The van der Waals surface area contributed by atoms with Gasteiger partial charge in [0.15, 0.2) is 5.78 Å². The zero-order valence-electron chi connectivity index (χ0n) is 8.73. The first-order chi connectivity index (χ1) is 7.15. The second-order valence-corrected chi connectivity index (χ2v) is 4.78. The minimum absolute atomic E-state index is 0.145. The fourth-order valence-electron chi connectivity index (χ4n) is 1.39. The first-order valence-corrected chi connectivity index (χ1v) is 5.55. The van der Waals surface area contributed by atoms with Crippen LogP contribution in [-0.4, -0.2) is 15.6 Å². The topological polar surface area (TPSA) is 34.9 Å². The van der Waals surface area contributed by atoms with Gasteiger partial charge in [0, 0.05) is 18.1 Å². The summed E-state index contributed by atoms with van der Waals surface area (Å²) in [6.45, 7) is 2.00. The van der Waals surface area contributed by atoms with Crippen molar-refractivity contribution in [2.45, 2.75) is 13.3 Å². The normalized spacial score (nSPS) is 10.5. The molecule has 0 aromatic carbocycles. The molecule has 0 bridgehead atoms. The van der Waals surface area contributed by atoms with Crippen LogP contribution in [0.2, 0.25) is 0 Å². The van der Waals surface area contributed by atoms with E-state index in [9.17, 15) is 4.79 Å². The van der Waals surface area contributed by atoms with E-state index < -0.39 is 0 Å².